The highest BCUT2D eigenvalue weighted by Gasteiger charge is 2.24. The summed E-state index contributed by atoms with van der Waals surface area (Å²) in [5.41, 5.74) is 2.70. The number of aromatic nitrogens is 3. The van der Waals surface area contributed by atoms with E-state index in [4.69, 9.17) is 4.84 Å². The first-order valence-electron chi connectivity index (χ1n) is 11.3. The molecule has 36 heavy (non-hydrogen) atoms. The van der Waals surface area contributed by atoms with E-state index in [1.54, 1.807) is 48.2 Å². The number of sulfone groups is 1. The summed E-state index contributed by atoms with van der Waals surface area (Å²) in [6.07, 6.45) is 8.56. The third kappa shape index (κ3) is 6.88. The number of halogens is 1. The second kappa shape index (κ2) is 12.8. The summed E-state index contributed by atoms with van der Waals surface area (Å²) >= 11 is 0. The van der Waals surface area contributed by atoms with Crippen molar-refractivity contribution in [1.29, 1.82) is 0 Å². The number of rotatable bonds is 8. The quantitative estimate of drug-likeness (QED) is 0.366. The van der Waals surface area contributed by atoms with Crippen LogP contribution in [0.3, 0.4) is 0 Å². The molecule has 1 aromatic carbocycles. The molecule has 0 atom stereocenters. The topological polar surface area (TPSA) is 94.2 Å². The summed E-state index contributed by atoms with van der Waals surface area (Å²) in [6.45, 7) is 9.89. The fourth-order valence-corrected chi connectivity index (χ4v) is 4.10. The van der Waals surface area contributed by atoms with E-state index in [0.29, 0.717) is 28.1 Å². The van der Waals surface area contributed by atoms with Crippen molar-refractivity contribution in [2.45, 2.75) is 38.8 Å². The van der Waals surface area contributed by atoms with Crippen LogP contribution in [-0.4, -0.2) is 37.5 Å². The predicted octanol–water partition coefficient (Wildman–Crippen LogP) is 3.54. The van der Waals surface area contributed by atoms with Crippen LogP contribution in [0.25, 0.3) is 17.3 Å². The molecule has 0 unspecified atom stereocenters. The lowest BCUT2D eigenvalue weighted by Gasteiger charge is -2.10. The number of hydrogen-bond donors (Lipinski definition) is 1. The number of pyridine rings is 1. The molecule has 0 spiro atoms. The highest BCUT2D eigenvalue weighted by molar-refractivity contribution is 7.90. The third-order valence-corrected chi connectivity index (χ3v) is 5.93. The van der Waals surface area contributed by atoms with Crippen molar-refractivity contribution in [2.75, 3.05) is 13.4 Å². The second-order valence-corrected chi connectivity index (χ2v) is 9.74. The first-order chi connectivity index (χ1) is 17.1. The lowest BCUT2D eigenvalue weighted by molar-refractivity contribution is -0.914. The van der Waals surface area contributed by atoms with Gasteiger partial charge in [-0.15, -0.1) is 0 Å². The van der Waals surface area contributed by atoms with E-state index in [9.17, 15) is 17.6 Å². The maximum Gasteiger partial charge on any atom is 0.347 e. The normalized spacial score (nSPS) is 11.3. The summed E-state index contributed by atoms with van der Waals surface area (Å²) < 4.78 is 40.0. The Balaban J connectivity index is 0.00000145. The van der Waals surface area contributed by atoms with Gasteiger partial charge in [0.1, 0.15) is 12.9 Å². The molecule has 0 fully saturated rings. The van der Waals surface area contributed by atoms with Gasteiger partial charge in [-0.25, -0.2) is 17.5 Å². The molecule has 8 nitrogen and oxygen atoms in total. The molecular weight excluding hydrogens is 483 g/mol. The van der Waals surface area contributed by atoms with Gasteiger partial charge in [-0.3, -0.25) is 9.63 Å². The summed E-state index contributed by atoms with van der Waals surface area (Å²) in [5.74, 6) is -0.737. The van der Waals surface area contributed by atoms with Gasteiger partial charge in [-0.1, -0.05) is 32.9 Å². The molecule has 0 saturated heterocycles. The van der Waals surface area contributed by atoms with Crippen molar-refractivity contribution >= 4 is 27.4 Å². The van der Waals surface area contributed by atoms with Crippen molar-refractivity contribution in [1.82, 2.24) is 15.1 Å². The molecule has 0 radical (unpaired) electrons. The molecule has 0 aliphatic rings. The maximum atomic E-state index is 13.3. The standard InChI is InChI=1S/C23H23FN4O4S.C3H8/c1-5-19(20-15-26-28(21(20)6-2)18-9-7-17(24)8-10-18)23(29)25-14-16-11-12-27(32-3)22(13-16)33(4,30)31;1-3-2/h5-13,15H,2,14H2,1,3-4H3;3H2,1-2H3/p+1/b19-5+;. The molecule has 2 heterocycles. The van der Waals surface area contributed by atoms with Crippen LogP contribution in [-0.2, 0) is 21.2 Å². The minimum absolute atomic E-state index is 0.0301. The average molecular weight is 516 g/mol. The summed E-state index contributed by atoms with van der Waals surface area (Å²) in [6, 6.07) is 8.90. The van der Waals surface area contributed by atoms with E-state index < -0.39 is 9.84 Å². The molecule has 3 aromatic rings. The zero-order valence-electron chi connectivity index (χ0n) is 21.2. The number of hydrogen-bond acceptors (Lipinski definition) is 5. The molecular formula is C26H32FN4O4S+. The van der Waals surface area contributed by atoms with E-state index in [1.807, 2.05) is 0 Å². The monoisotopic (exact) mass is 515 g/mol. The molecule has 192 valence electrons. The van der Waals surface area contributed by atoms with E-state index >= 15 is 0 Å². The van der Waals surface area contributed by atoms with Gasteiger partial charge in [0.05, 0.1) is 17.6 Å². The van der Waals surface area contributed by atoms with Crippen molar-refractivity contribution in [3.8, 4) is 5.69 Å². The predicted molar refractivity (Wildman–Crippen MR) is 137 cm³/mol. The first kappa shape index (κ1) is 28.4. The van der Waals surface area contributed by atoms with Gasteiger partial charge in [0.2, 0.25) is 16.0 Å². The van der Waals surface area contributed by atoms with Gasteiger partial charge in [0, 0.05) is 40.8 Å². The molecule has 0 saturated carbocycles. The SMILES string of the molecule is C=Cc1c(/C(=C\C)C(=O)NCc2cc[n+](OC)c(S(C)(=O)=O)c2)cnn1-c1ccc(F)cc1.CCC. The molecule has 0 bridgehead atoms. The van der Waals surface area contributed by atoms with Crippen molar-refractivity contribution < 1.29 is 27.2 Å². The molecule has 0 aliphatic heterocycles. The fraction of sp³-hybridized carbons (Fsp3) is 0.269. The van der Waals surface area contributed by atoms with Crippen LogP contribution in [0.5, 0.6) is 0 Å². The third-order valence-electron chi connectivity index (χ3n) is 4.87. The highest BCUT2D eigenvalue weighted by atomic mass is 32.2. The molecule has 10 heteroatoms. The van der Waals surface area contributed by atoms with Crippen molar-refractivity contribution in [3.63, 3.8) is 0 Å². The van der Waals surface area contributed by atoms with Crippen molar-refractivity contribution in [2.24, 2.45) is 0 Å². The Labute approximate surface area is 211 Å². The van der Waals surface area contributed by atoms with Gasteiger partial charge in [0.25, 0.3) is 5.91 Å². The van der Waals surface area contributed by atoms with E-state index in [1.165, 1.54) is 37.9 Å². The average Bonchev–Trinajstić information content (AvgIpc) is 3.27. The largest absolute Gasteiger partial charge is 0.348 e. The van der Waals surface area contributed by atoms with Crippen molar-refractivity contribution in [3.05, 3.63) is 84.1 Å². The lowest BCUT2D eigenvalue weighted by atomic mass is 10.1. The lowest BCUT2D eigenvalue weighted by Crippen LogP contribution is -2.45. The van der Waals surface area contributed by atoms with Crippen LogP contribution in [0, 0.1) is 5.82 Å². The van der Waals surface area contributed by atoms with E-state index in [0.717, 1.165) is 11.0 Å². The fourth-order valence-electron chi connectivity index (χ4n) is 3.27. The molecule has 1 N–H and O–H groups in total. The van der Waals surface area contributed by atoms with Crippen LogP contribution in [0.15, 0.2) is 66.5 Å². The molecule has 2 aromatic heterocycles. The summed E-state index contributed by atoms with van der Waals surface area (Å²) in [7, 11) is -2.18. The molecule has 3 rings (SSSR count). The zero-order chi connectivity index (χ0) is 26.9. The van der Waals surface area contributed by atoms with Crippen LogP contribution in [0.1, 0.15) is 44.0 Å². The van der Waals surface area contributed by atoms with E-state index in [2.05, 4.69) is 30.8 Å². The molecule has 0 aliphatic carbocycles. The van der Waals surface area contributed by atoms with Crippen LogP contribution in [0.4, 0.5) is 4.39 Å². The Kier molecular flexibility index (Phi) is 10.1. The number of amides is 1. The minimum Gasteiger partial charge on any atom is -0.348 e. The van der Waals surface area contributed by atoms with Crippen LogP contribution >= 0.6 is 0 Å². The maximum absolute atomic E-state index is 13.3. The number of carbonyl (C=O) groups excluding carboxylic acids is 1. The number of benzene rings is 1. The van der Waals surface area contributed by atoms with Gasteiger partial charge < -0.3 is 5.32 Å². The van der Waals surface area contributed by atoms with Gasteiger partial charge >= 0.3 is 5.03 Å². The van der Waals surface area contributed by atoms with Gasteiger partial charge in [0.15, 0.2) is 0 Å². The smallest absolute Gasteiger partial charge is 0.347 e. The van der Waals surface area contributed by atoms with Crippen LogP contribution in [0.2, 0.25) is 0 Å². The first-order valence-corrected chi connectivity index (χ1v) is 13.2. The number of nitrogens with one attached hydrogen (secondary N) is 1. The zero-order valence-corrected chi connectivity index (χ0v) is 22.0. The Hall–Kier alpha value is -3.79. The number of allylic oxidation sites excluding steroid dienone is 1. The van der Waals surface area contributed by atoms with Gasteiger partial charge in [-0.2, -0.15) is 5.10 Å². The molecule has 1 amide bonds. The second-order valence-electron chi connectivity index (χ2n) is 7.78. The number of nitrogens with zero attached hydrogens (tertiary/aromatic N) is 3. The van der Waals surface area contributed by atoms with E-state index in [-0.39, 0.29) is 23.3 Å². The summed E-state index contributed by atoms with van der Waals surface area (Å²) in [5, 5.41) is 7.10. The Morgan fingerprint density at radius 3 is 2.42 bits per heavy atom. The highest BCUT2D eigenvalue weighted by Crippen LogP contribution is 2.24. The number of carbonyl (C=O) groups is 1. The minimum atomic E-state index is -3.54. The Morgan fingerprint density at radius 1 is 1.25 bits per heavy atom. The summed E-state index contributed by atoms with van der Waals surface area (Å²) in [4.78, 5) is 18.0. The Bertz CT molecular complexity index is 1350. The van der Waals surface area contributed by atoms with Crippen LogP contribution < -0.4 is 14.9 Å². The van der Waals surface area contributed by atoms with Gasteiger partial charge in [-0.05, 0) is 42.8 Å². The Morgan fingerprint density at radius 2 is 1.89 bits per heavy atom.